The molecule has 15 heavy (non-hydrogen) atoms. The van der Waals surface area contributed by atoms with Crippen LogP contribution in [0.4, 0.5) is 0 Å². The number of hydrogen-bond donors (Lipinski definition) is 0. The summed E-state index contributed by atoms with van der Waals surface area (Å²) < 4.78 is 9.95. The molecule has 0 heterocycles. The fourth-order valence-electron chi connectivity index (χ4n) is 0.893. The number of hydrogen-bond acceptors (Lipinski definition) is 4. The van der Waals surface area contributed by atoms with Crippen LogP contribution in [-0.4, -0.2) is 23.6 Å². The van der Waals surface area contributed by atoms with Crippen molar-refractivity contribution in [2.24, 2.45) is 0 Å². The molecular weight excluding hydrogens is 196 g/mol. The molecule has 1 unspecified atom stereocenters. The van der Waals surface area contributed by atoms with Crippen molar-refractivity contribution in [2.75, 3.05) is 0 Å². The molecule has 0 aromatic rings. The molecule has 4 nitrogen and oxygen atoms in total. The highest BCUT2D eigenvalue weighted by molar-refractivity contribution is 5.79. The summed E-state index contributed by atoms with van der Waals surface area (Å²) in [6.45, 7) is 8.70. The minimum atomic E-state index is -0.830. The molecule has 4 heteroatoms. The SMILES string of the molecule is CCCC(=O)OC(C)C(=O)OC(C)(C)C. The first-order chi connectivity index (χ1) is 6.76. The van der Waals surface area contributed by atoms with Crippen LogP contribution in [0.25, 0.3) is 0 Å². The van der Waals surface area contributed by atoms with Gasteiger partial charge in [0.05, 0.1) is 0 Å². The summed E-state index contributed by atoms with van der Waals surface area (Å²) in [6.07, 6.45) is 0.204. The Kier molecular flexibility index (Phi) is 5.33. The summed E-state index contributed by atoms with van der Waals surface area (Å²) in [5.74, 6) is -0.872. The van der Waals surface area contributed by atoms with Gasteiger partial charge in [-0.3, -0.25) is 4.79 Å². The molecule has 0 spiro atoms. The third-order valence-electron chi connectivity index (χ3n) is 1.50. The molecule has 1 atom stereocenters. The normalized spacial score (nSPS) is 13.1. The van der Waals surface area contributed by atoms with E-state index in [2.05, 4.69) is 0 Å². The van der Waals surface area contributed by atoms with Crippen LogP contribution < -0.4 is 0 Å². The molecule has 0 aliphatic carbocycles. The molecule has 0 saturated carbocycles. The lowest BCUT2D eigenvalue weighted by atomic mass is 10.2. The lowest BCUT2D eigenvalue weighted by Crippen LogP contribution is -2.33. The summed E-state index contributed by atoms with van der Waals surface area (Å²) in [6, 6.07) is 0. The molecule has 0 amide bonds. The first-order valence-corrected chi connectivity index (χ1v) is 5.18. The molecule has 0 N–H and O–H groups in total. The molecule has 0 aromatic carbocycles. The average Bonchev–Trinajstić information content (AvgIpc) is 2.00. The van der Waals surface area contributed by atoms with E-state index < -0.39 is 17.7 Å². The molecule has 0 fully saturated rings. The van der Waals surface area contributed by atoms with Gasteiger partial charge in [-0.2, -0.15) is 0 Å². The quantitative estimate of drug-likeness (QED) is 0.675. The second-order valence-electron chi connectivity index (χ2n) is 4.42. The Bertz CT molecular complexity index is 227. The van der Waals surface area contributed by atoms with E-state index in [1.54, 1.807) is 20.8 Å². The van der Waals surface area contributed by atoms with Gasteiger partial charge in [0.25, 0.3) is 0 Å². The molecule has 0 aliphatic heterocycles. The number of ether oxygens (including phenoxy) is 2. The van der Waals surface area contributed by atoms with Crippen molar-refractivity contribution in [1.82, 2.24) is 0 Å². The van der Waals surface area contributed by atoms with Gasteiger partial charge in [0.2, 0.25) is 0 Å². The van der Waals surface area contributed by atoms with Crippen LogP contribution in [0.15, 0.2) is 0 Å². The third kappa shape index (κ3) is 6.94. The van der Waals surface area contributed by atoms with Crippen molar-refractivity contribution < 1.29 is 19.1 Å². The van der Waals surface area contributed by atoms with Crippen molar-refractivity contribution >= 4 is 11.9 Å². The van der Waals surface area contributed by atoms with Crippen molar-refractivity contribution in [1.29, 1.82) is 0 Å². The van der Waals surface area contributed by atoms with Crippen LogP contribution in [0, 0.1) is 0 Å². The molecular formula is C11H20O4. The summed E-state index contributed by atoms with van der Waals surface area (Å²) >= 11 is 0. The van der Waals surface area contributed by atoms with Crippen molar-refractivity contribution in [3.05, 3.63) is 0 Å². The zero-order valence-corrected chi connectivity index (χ0v) is 10.1. The summed E-state index contributed by atoms with van der Waals surface area (Å²) in [5.41, 5.74) is -0.553. The average molecular weight is 216 g/mol. The monoisotopic (exact) mass is 216 g/mol. The van der Waals surface area contributed by atoms with Gasteiger partial charge in [0.1, 0.15) is 5.60 Å². The lowest BCUT2D eigenvalue weighted by molar-refractivity contribution is -0.174. The molecule has 0 bridgehead atoms. The molecule has 88 valence electrons. The highest BCUT2D eigenvalue weighted by Gasteiger charge is 2.24. The summed E-state index contributed by atoms with van der Waals surface area (Å²) in [4.78, 5) is 22.5. The summed E-state index contributed by atoms with van der Waals surface area (Å²) in [7, 11) is 0. The fraction of sp³-hybridized carbons (Fsp3) is 0.818. The van der Waals surface area contributed by atoms with E-state index in [0.29, 0.717) is 12.8 Å². The predicted octanol–water partition coefficient (Wildman–Crippen LogP) is 2.06. The molecule has 0 saturated heterocycles. The summed E-state index contributed by atoms with van der Waals surface area (Å²) in [5, 5.41) is 0. The zero-order chi connectivity index (χ0) is 12.1. The standard InChI is InChI=1S/C11H20O4/c1-6-7-9(12)14-8(2)10(13)15-11(3,4)5/h8H,6-7H2,1-5H3. The maximum Gasteiger partial charge on any atom is 0.347 e. The zero-order valence-electron chi connectivity index (χ0n) is 10.1. The first-order valence-electron chi connectivity index (χ1n) is 5.18. The Balaban J connectivity index is 4.05. The van der Waals surface area contributed by atoms with E-state index >= 15 is 0 Å². The molecule has 0 radical (unpaired) electrons. The highest BCUT2D eigenvalue weighted by Crippen LogP contribution is 2.10. The van der Waals surface area contributed by atoms with E-state index in [1.165, 1.54) is 6.92 Å². The first kappa shape index (κ1) is 13.9. The van der Waals surface area contributed by atoms with Gasteiger partial charge < -0.3 is 9.47 Å². The Morgan fingerprint density at radius 2 is 1.80 bits per heavy atom. The van der Waals surface area contributed by atoms with Gasteiger partial charge in [-0.25, -0.2) is 4.79 Å². The maximum absolute atomic E-state index is 11.4. The Labute approximate surface area is 90.9 Å². The topological polar surface area (TPSA) is 52.6 Å². The van der Waals surface area contributed by atoms with Crippen molar-refractivity contribution in [3.63, 3.8) is 0 Å². The second-order valence-corrected chi connectivity index (χ2v) is 4.42. The van der Waals surface area contributed by atoms with Crippen molar-refractivity contribution in [3.8, 4) is 0 Å². The minimum Gasteiger partial charge on any atom is -0.457 e. The van der Waals surface area contributed by atoms with E-state index in [-0.39, 0.29) is 5.97 Å². The van der Waals surface area contributed by atoms with Gasteiger partial charge in [0, 0.05) is 6.42 Å². The number of esters is 2. The van der Waals surface area contributed by atoms with Gasteiger partial charge in [-0.15, -0.1) is 0 Å². The van der Waals surface area contributed by atoms with Crippen molar-refractivity contribution in [2.45, 2.75) is 59.2 Å². The van der Waals surface area contributed by atoms with Crippen LogP contribution in [0.1, 0.15) is 47.5 Å². The van der Waals surface area contributed by atoms with Crippen LogP contribution in [-0.2, 0) is 19.1 Å². The molecule has 0 rings (SSSR count). The van der Waals surface area contributed by atoms with Gasteiger partial charge in [-0.05, 0) is 34.1 Å². The van der Waals surface area contributed by atoms with Gasteiger partial charge >= 0.3 is 11.9 Å². The molecule has 0 aliphatic rings. The Hall–Kier alpha value is -1.06. The highest BCUT2D eigenvalue weighted by atomic mass is 16.6. The minimum absolute atomic E-state index is 0.327. The Morgan fingerprint density at radius 1 is 1.27 bits per heavy atom. The van der Waals surface area contributed by atoms with E-state index in [9.17, 15) is 9.59 Å². The van der Waals surface area contributed by atoms with E-state index in [4.69, 9.17) is 9.47 Å². The van der Waals surface area contributed by atoms with Crippen LogP contribution in [0.5, 0.6) is 0 Å². The van der Waals surface area contributed by atoms with Crippen LogP contribution in [0.2, 0.25) is 0 Å². The lowest BCUT2D eigenvalue weighted by Gasteiger charge is -2.22. The van der Waals surface area contributed by atoms with E-state index in [1.807, 2.05) is 6.92 Å². The largest absolute Gasteiger partial charge is 0.457 e. The maximum atomic E-state index is 11.4. The van der Waals surface area contributed by atoms with Gasteiger partial charge in [-0.1, -0.05) is 6.92 Å². The second kappa shape index (κ2) is 5.73. The predicted molar refractivity (Wildman–Crippen MR) is 56.3 cm³/mol. The van der Waals surface area contributed by atoms with E-state index in [0.717, 1.165) is 0 Å². The van der Waals surface area contributed by atoms with Crippen LogP contribution in [0.3, 0.4) is 0 Å². The fourth-order valence-corrected chi connectivity index (χ4v) is 0.893. The smallest absolute Gasteiger partial charge is 0.347 e. The van der Waals surface area contributed by atoms with Gasteiger partial charge in [0.15, 0.2) is 6.10 Å². The Morgan fingerprint density at radius 3 is 2.20 bits per heavy atom. The number of carbonyl (C=O) groups is 2. The third-order valence-corrected chi connectivity index (χ3v) is 1.50. The van der Waals surface area contributed by atoms with Crippen LogP contribution >= 0.6 is 0 Å². The number of rotatable bonds is 4. The number of carbonyl (C=O) groups excluding carboxylic acids is 2. The molecule has 0 aromatic heterocycles.